The van der Waals surface area contributed by atoms with Gasteiger partial charge in [0.15, 0.2) is 0 Å². The Kier molecular flexibility index (Phi) is 6.22. The molecule has 0 aliphatic heterocycles. The SMILES string of the molecule is COc1ccc(C(C)NCCCCC(N)=O)cc1. The molecule has 0 aromatic heterocycles. The first-order valence-electron chi connectivity index (χ1n) is 6.29. The number of methoxy groups -OCH3 is 1. The van der Waals surface area contributed by atoms with Gasteiger partial charge < -0.3 is 15.8 Å². The van der Waals surface area contributed by atoms with Gasteiger partial charge in [0.25, 0.3) is 0 Å². The van der Waals surface area contributed by atoms with Gasteiger partial charge in [0.2, 0.25) is 5.91 Å². The van der Waals surface area contributed by atoms with Crippen molar-refractivity contribution in [3.8, 4) is 5.75 Å². The van der Waals surface area contributed by atoms with Gasteiger partial charge in [-0.2, -0.15) is 0 Å². The summed E-state index contributed by atoms with van der Waals surface area (Å²) in [5, 5.41) is 3.42. The van der Waals surface area contributed by atoms with Gasteiger partial charge in [-0.15, -0.1) is 0 Å². The van der Waals surface area contributed by atoms with E-state index in [1.54, 1.807) is 7.11 Å². The molecule has 0 saturated heterocycles. The molecule has 4 nitrogen and oxygen atoms in total. The monoisotopic (exact) mass is 250 g/mol. The first-order valence-corrected chi connectivity index (χ1v) is 6.29. The maximum absolute atomic E-state index is 10.6. The summed E-state index contributed by atoms with van der Waals surface area (Å²) >= 11 is 0. The molecule has 0 heterocycles. The molecule has 0 radical (unpaired) electrons. The van der Waals surface area contributed by atoms with E-state index in [9.17, 15) is 4.79 Å². The van der Waals surface area contributed by atoms with E-state index in [1.807, 2.05) is 12.1 Å². The van der Waals surface area contributed by atoms with E-state index in [0.29, 0.717) is 12.5 Å². The van der Waals surface area contributed by atoms with Crippen molar-refractivity contribution in [2.45, 2.75) is 32.2 Å². The fraction of sp³-hybridized carbons (Fsp3) is 0.500. The Balaban J connectivity index is 2.27. The highest BCUT2D eigenvalue weighted by Gasteiger charge is 2.04. The Hall–Kier alpha value is -1.55. The van der Waals surface area contributed by atoms with Gasteiger partial charge in [-0.1, -0.05) is 12.1 Å². The highest BCUT2D eigenvalue weighted by atomic mass is 16.5. The average molecular weight is 250 g/mol. The normalized spacial score (nSPS) is 12.1. The number of carbonyl (C=O) groups is 1. The number of rotatable bonds is 8. The lowest BCUT2D eigenvalue weighted by atomic mass is 10.1. The number of nitrogens with two attached hydrogens (primary N) is 1. The Morgan fingerprint density at radius 2 is 2.00 bits per heavy atom. The number of unbranched alkanes of at least 4 members (excludes halogenated alkanes) is 1. The number of primary amides is 1. The lowest BCUT2D eigenvalue weighted by Gasteiger charge is -2.14. The van der Waals surface area contributed by atoms with Crippen molar-refractivity contribution in [3.05, 3.63) is 29.8 Å². The predicted octanol–water partition coefficient (Wildman–Crippen LogP) is 2.00. The van der Waals surface area contributed by atoms with E-state index in [-0.39, 0.29) is 5.91 Å². The van der Waals surface area contributed by atoms with E-state index in [4.69, 9.17) is 10.5 Å². The molecule has 100 valence electrons. The fourth-order valence-electron chi connectivity index (χ4n) is 1.75. The average Bonchev–Trinajstić information content (AvgIpc) is 2.38. The van der Waals surface area contributed by atoms with Crippen molar-refractivity contribution in [2.24, 2.45) is 5.73 Å². The largest absolute Gasteiger partial charge is 0.497 e. The predicted molar refractivity (Wildman–Crippen MR) is 72.5 cm³/mol. The van der Waals surface area contributed by atoms with Gasteiger partial charge in [-0.3, -0.25) is 4.79 Å². The van der Waals surface area contributed by atoms with E-state index < -0.39 is 0 Å². The smallest absolute Gasteiger partial charge is 0.217 e. The zero-order valence-corrected chi connectivity index (χ0v) is 11.1. The van der Waals surface area contributed by atoms with Crippen molar-refractivity contribution in [2.75, 3.05) is 13.7 Å². The van der Waals surface area contributed by atoms with Crippen LogP contribution < -0.4 is 15.8 Å². The number of carbonyl (C=O) groups excluding carboxylic acids is 1. The highest BCUT2D eigenvalue weighted by molar-refractivity contribution is 5.73. The zero-order valence-electron chi connectivity index (χ0n) is 11.1. The summed E-state index contributed by atoms with van der Waals surface area (Å²) in [6.07, 6.45) is 2.28. The molecule has 1 aromatic rings. The molecule has 1 unspecified atom stereocenters. The number of nitrogens with one attached hydrogen (secondary N) is 1. The maximum atomic E-state index is 10.6. The fourth-order valence-corrected chi connectivity index (χ4v) is 1.75. The Morgan fingerprint density at radius 3 is 2.56 bits per heavy atom. The van der Waals surface area contributed by atoms with Crippen LogP contribution in [0.4, 0.5) is 0 Å². The van der Waals surface area contributed by atoms with Gasteiger partial charge in [0.1, 0.15) is 5.75 Å². The third-order valence-corrected chi connectivity index (χ3v) is 2.92. The third kappa shape index (κ3) is 5.19. The Morgan fingerprint density at radius 1 is 1.33 bits per heavy atom. The van der Waals surface area contributed by atoms with E-state index >= 15 is 0 Å². The second-order valence-electron chi connectivity index (χ2n) is 4.37. The molecule has 0 spiro atoms. The number of hydrogen-bond acceptors (Lipinski definition) is 3. The quantitative estimate of drug-likeness (QED) is 0.694. The second-order valence-corrected chi connectivity index (χ2v) is 4.37. The molecule has 1 aromatic carbocycles. The first kappa shape index (κ1) is 14.5. The van der Waals surface area contributed by atoms with Crippen LogP contribution in [0.1, 0.15) is 37.8 Å². The van der Waals surface area contributed by atoms with Crippen LogP contribution in [0.5, 0.6) is 5.75 Å². The molecule has 0 aliphatic rings. The molecule has 0 fully saturated rings. The minimum atomic E-state index is -0.224. The van der Waals surface area contributed by atoms with Crippen molar-refractivity contribution >= 4 is 5.91 Å². The van der Waals surface area contributed by atoms with E-state index in [1.165, 1.54) is 5.56 Å². The molecule has 0 aliphatic carbocycles. The molecule has 3 N–H and O–H groups in total. The second kappa shape index (κ2) is 7.71. The van der Waals surface area contributed by atoms with Crippen LogP contribution in [0.15, 0.2) is 24.3 Å². The highest BCUT2D eigenvalue weighted by Crippen LogP contribution is 2.17. The maximum Gasteiger partial charge on any atom is 0.217 e. The van der Waals surface area contributed by atoms with Gasteiger partial charge in [0.05, 0.1) is 7.11 Å². The van der Waals surface area contributed by atoms with Crippen LogP contribution in [0.3, 0.4) is 0 Å². The molecule has 0 saturated carbocycles. The van der Waals surface area contributed by atoms with E-state index in [2.05, 4.69) is 24.4 Å². The Bertz CT molecular complexity index is 363. The summed E-state index contributed by atoms with van der Waals surface area (Å²) in [5.74, 6) is 0.644. The molecule has 1 rings (SSSR count). The summed E-state index contributed by atoms with van der Waals surface area (Å²) in [5.41, 5.74) is 6.31. The molecule has 1 atom stereocenters. The van der Waals surface area contributed by atoms with Crippen LogP contribution >= 0.6 is 0 Å². The molecule has 0 bridgehead atoms. The van der Waals surface area contributed by atoms with Crippen LogP contribution in [0.2, 0.25) is 0 Å². The summed E-state index contributed by atoms with van der Waals surface area (Å²) in [6, 6.07) is 8.32. The lowest BCUT2D eigenvalue weighted by molar-refractivity contribution is -0.118. The Labute approximate surface area is 109 Å². The minimum Gasteiger partial charge on any atom is -0.497 e. The van der Waals surface area contributed by atoms with Crippen molar-refractivity contribution in [1.82, 2.24) is 5.32 Å². The molecular formula is C14H22N2O2. The minimum absolute atomic E-state index is 0.224. The third-order valence-electron chi connectivity index (χ3n) is 2.92. The van der Waals surface area contributed by atoms with Crippen molar-refractivity contribution in [1.29, 1.82) is 0 Å². The molecule has 1 amide bonds. The number of hydrogen-bond donors (Lipinski definition) is 2. The molecule has 4 heteroatoms. The topological polar surface area (TPSA) is 64.3 Å². The van der Waals surface area contributed by atoms with Crippen LogP contribution in [-0.2, 0) is 4.79 Å². The number of ether oxygens (including phenoxy) is 1. The van der Waals surface area contributed by atoms with Gasteiger partial charge in [0, 0.05) is 12.5 Å². The van der Waals surface area contributed by atoms with Crippen molar-refractivity contribution < 1.29 is 9.53 Å². The molecule has 18 heavy (non-hydrogen) atoms. The zero-order chi connectivity index (χ0) is 13.4. The molecular weight excluding hydrogens is 228 g/mol. The lowest BCUT2D eigenvalue weighted by Crippen LogP contribution is -2.20. The number of amides is 1. The van der Waals surface area contributed by atoms with E-state index in [0.717, 1.165) is 25.1 Å². The van der Waals surface area contributed by atoms with Gasteiger partial charge in [-0.05, 0) is 44.0 Å². The van der Waals surface area contributed by atoms with Crippen molar-refractivity contribution in [3.63, 3.8) is 0 Å². The summed E-state index contributed by atoms with van der Waals surface area (Å²) < 4.78 is 5.12. The summed E-state index contributed by atoms with van der Waals surface area (Å²) in [4.78, 5) is 10.6. The summed E-state index contributed by atoms with van der Waals surface area (Å²) in [7, 11) is 1.66. The van der Waals surface area contributed by atoms with Crippen LogP contribution in [-0.4, -0.2) is 19.6 Å². The summed E-state index contributed by atoms with van der Waals surface area (Å²) in [6.45, 7) is 3.01. The van der Waals surface area contributed by atoms with Gasteiger partial charge in [-0.25, -0.2) is 0 Å². The number of benzene rings is 1. The first-order chi connectivity index (χ1) is 8.63. The van der Waals surface area contributed by atoms with Crippen LogP contribution in [0, 0.1) is 0 Å². The van der Waals surface area contributed by atoms with Gasteiger partial charge >= 0.3 is 0 Å². The standard InChI is InChI=1S/C14H22N2O2/c1-11(16-10-4-3-5-14(15)17)12-6-8-13(18-2)9-7-12/h6-9,11,16H,3-5,10H2,1-2H3,(H2,15,17). The van der Waals surface area contributed by atoms with Crippen LogP contribution in [0.25, 0.3) is 0 Å².